The van der Waals surface area contributed by atoms with Gasteiger partial charge in [0.1, 0.15) is 6.29 Å². The van der Waals surface area contributed by atoms with Crippen molar-refractivity contribution in [1.82, 2.24) is 0 Å². The Morgan fingerprint density at radius 1 is 1.17 bits per heavy atom. The number of hydrogen-bond donors (Lipinski definition) is 1. The molecule has 126 valence electrons. The molecular weight excluding hydrogens is 306 g/mol. The topological polar surface area (TPSA) is 64.6 Å². The lowest BCUT2D eigenvalue weighted by molar-refractivity contribution is -0.118. The lowest BCUT2D eigenvalue weighted by Crippen LogP contribution is -2.20. The molecule has 1 N–H and O–H groups in total. The van der Waals surface area contributed by atoms with Crippen LogP contribution >= 0.6 is 0 Å². The molecule has 1 amide bonds. The number of carbonyl (C=O) groups is 2. The summed E-state index contributed by atoms with van der Waals surface area (Å²) in [4.78, 5) is 22.9. The fraction of sp³-hybridized carbons (Fsp3) is 0.263. The second-order valence-electron chi connectivity index (χ2n) is 5.65. The highest BCUT2D eigenvalue weighted by atomic mass is 16.5. The number of amides is 1. The first kappa shape index (κ1) is 17.5. The van der Waals surface area contributed by atoms with Gasteiger partial charge < -0.3 is 14.8 Å². The zero-order valence-corrected chi connectivity index (χ0v) is 14.0. The van der Waals surface area contributed by atoms with Gasteiger partial charge in [0.05, 0.1) is 7.11 Å². The second kappa shape index (κ2) is 8.15. The smallest absolute Gasteiger partial charge is 0.262 e. The summed E-state index contributed by atoms with van der Waals surface area (Å²) in [5, 5.41) is 2.80. The Kier molecular flexibility index (Phi) is 5.95. The molecule has 5 nitrogen and oxygen atoms in total. The highest BCUT2D eigenvalue weighted by Crippen LogP contribution is 2.27. The van der Waals surface area contributed by atoms with Crippen LogP contribution in [0, 0.1) is 0 Å². The summed E-state index contributed by atoms with van der Waals surface area (Å²) < 4.78 is 10.7. The van der Waals surface area contributed by atoms with Gasteiger partial charge in [-0.1, -0.05) is 26.0 Å². The first-order valence-corrected chi connectivity index (χ1v) is 7.69. The number of benzene rings is 2. The minimum atomic E-state index is -0.283. The zero-order chi connectivity index (χ0) is 17.5. The van der Waals surface area contributed by atoms with Crippen molar-refractivity contribution in [1.29, 1.82) is 0 Å². The molecule has 24 heavy (non-hydrogen) atoms. The van der Waals surface area contributed by atoms with Crippen molar-refractivity contribution in [3.63, 3.8) is 0 Å². The van der Waals surface area contributed by atoms with Crippen LogP contribution in [0.5, 0.6) is 11.5 Å². The van der Waals surface area contributed by atoms with Crippen LogP contribution in [-0.4, -0.2) is 25.9 Å². The van der Waals surface area contributed by atoms with Gasteiger partial charge in [0.15, 0.2) is 18.1 Å². The molecule has 2 aromatic carbocycles. The van der Waals surface area contributed by atoms with E-state index in [4.69, 9.17) is 9.47 Å². The molecule has 0 saturated heterocycles. The summed E-state index contributed by atoms with van der Waals surface area (Å²) in [5.41, 5.74) is 2.33. The van der Waals surface area contributed by atoms with Crippen molar-refractivity contribution in [3.8, 4) is 11.5 Å². The minimum Gasteiger partial charge on any atom is -0.493 e. The number of aldehydes is 1. The van der Waals surface area contributed by atoms with Gasteiger partial charge >= 0.3 is 0 Å². The number of ether oxygens (including phenoxy) is 2. The van der Waals surface area contributed by atoms with Crippen LogP contribution in [0.3, 0.4) is 0 Å². The molecule has 0 spiro atoms. The molecule has 0 fully saturated rings. The largest absolute Gasteiger partial charge is 0.493 e. The summed E-state index contributed by atoms with van der Waals surface area (Å²) in [6, 6.07) is 12.5. The van der Waals surface area contributed by atoms with E-state index >= 15 is 0 Å². The Morgan fingerprint density at radius 3 is 2.62 bits per heavy atom. The lowest BCUT2D eigenvalue weighted by Gasteiger charge is -2.12. The molecule has 0 unspecified atom stereocenters. The summed E-state index contributed by atoms with van der Waals surface area (Å²) >= 11 is 0. The average Bonchev–Trinajstić information content (AvgIpc) is 2.59. The molecular formula is C19H21NO4. The Bertz CT molecular complexity index is 725. The maximum atomic E-state index is 12.1. The summed E-state index contributed by atoms with van der Waals surface area (Å²) in [7, 11) is 1.50. The van der Waals surface area contributed by atoms with Crippen molar-refractivity contribution >= 4 is 17.9 Å². The van der Waals surface area contributed by atoms with Gasteiger partial charge in [-0.2, -0.15) is 0 Å². The van der Waals surface area contributed by atoms with Gasteiger partial charge in [-0.25, -0.2) is 0 Å². The molecule has 2 rings (SSSR count). The predicted molar refractivity (Wildman–Crippen MR) is 93.0 cm³/mol. The SMILES string of the molecule is COc1ccc(C=O)cc1OCC(=O)Nc1cccc(C(C)C)c1. The predicted octanol–water partition coefficient (Wildman–Crippen LogP) is 3.65. The normalized spacial score (nSPS) is 10.3. The van der Waals surface area contributed by atoms with Crippen LogP contribution in [0.25, 0.3) is 0 Å². The maximum absolute atomic E-state index is 12.1. The van der Waals surface area contributed by atoms with Crippen molar-refractivity contribution in [2.75, 3.05) is 19.0 Å². The molecule has 0 bridgehead atoms. The van der Waals surface area contributed by atoms with E-state index in [0.29, 0.717) is 29.3 Å². The van der Waals surface area contributed by atoms with Gasteiger partial charge in [-0.05, 0) is 41.8 Å². The molecule has 0 aliphatic carbocycles. The van der Waals surface area contributed by atoms with E-state index < -0.39 is 0 Å². The lowest BCUT2D eigenvalue weighted by atomic mass is 10.0. The molecule has 5 heteroatoms. The summed E-state index contributed by atoms with van der Waals surface area (Å²) in [6.45, 7) is 4.01. The van der Waals surface area contributed by atoms with Crippen LogP contribution in [-0.2, 0) is 4.79 Å². The number of methoxy groups -OCH3 is 1. The minimum absolute atomic E-state index is 0.176. The fourth-order valence-corrected chi connectivity index (χ4v) is 2.20. The molecule has 0 radical (unpaired) electrons. The van der Waals surface area contributed by atoms with Gasteiger partial charge in [0, 0.05) is 11.3 Å². The van der Waals surface area contributed by atoms with E-state index in [1.165, 1.54) is 7.11 Å². The van der Waals surface area contributed by atoms with Crippen molar-refractivity contribution in [2.45, 2.75) is 19.8 Å². The maximum Gasteiger partial charge on any atom is 0.262 e. The molecule has 0 heterocycles. The van der Waals surface area contributed by atoms with Crippen molar-refractivity contribution in [2.24, 2.45) is 0 Å². The Hall–Kier alpha value is -2.82. The first-order valence-electron chi connectivity index (χ1n) is 7.69. The third-order valence-corrected chi connectivity index (χ3v) is 3.52. The number of carbonyl (C=O) groups excluding carboxylic acids is 2. The summed E-state index contributed by atoms with van der Waals surface area (Å²) in [6.07, 6.45) is 0.712. The quantitative estimate of drug-likeness (QED) is 0.788. The monoisotopic (exact) mass is 327 g/mol. The standard InChI is InChI=1S/C19H21NO4/c1-13(2)15-5-4-6-16(10-15)20-19(22)12-24-18-9-14(11-21)7-8-17(18)23-3/h4-11,13H,12H2,1-3H3,(H,20,22). The van der Waals surface area contributed by atoms with Crippen LogP contribution in [0.15, 0.2) is 42.5 Å². The average molecular weight is 327 g/mol. The van der Waals surface area contributed by atoms with E-state index in [1.54, 1.807) is 18.2 Å². The fourth-order valence-electron chi connectivity index (χ4n) is 2.20. The molecule has 0 atom stereocenters. The molecule has 0 aliphatic rings. The highest BCUT2D eigenvalue weighted by molar-refractivity contribution is 5.92. The van der Waals surface area contributed by atoms with Gasteiger partial charge in [0.2, 0.25) is 0 Å². The van der Waals surface area contributed by atoms with Crippen molar-refractivity contribution in [3.05, 3.63) is 53.6 Å². The molecule has 2 aromatic rings. The third kappa shape index (κ3) is 4.59. The number of rotatable bonds is 7. The zero-order valence-electron chi connectivity index (χ0n) is 14.0. The number of anilines is 1. The van der Waals surface area contributed by atoms with Crippen LogP contribution in [0.4, 0.5) is 5.69 Å². The number of hydrogen-bond acceptors (Lipinski definition) is 4. The highest BCUT2D eigenvalue weighted by Gasteiger charge is 2.09. The van der Waals surface area contributed by atoms with E-state index in [9.17, 15) is 9.59 Å². The number of nitrogens with one attached hydrogen (secondary N) is 1. The van der Waals surface area contributed by atoms with E-state index in [1.807, 2.05) is 24.3 Å². The Morgan fingerprint density at radius 2 is 1.96 bits per heavy atom. The van der Waals surface area contributed by atoms with Gasteiger partial charge in [-0.15, -0.1) is 0 Å². The van der Waals surface area contributed by atoms with Gasteiger partial charge in [-0.3, -0.25) is 9.59 Å². The van der Waals surface area contributed by atoms with Crippen LogP contribution < -0.4 is 14.8 Å². The third-order valence-electron chi connectivity index (χ3n) is 3.52. The van der Waals surface area contributed by atoms with Crippen molar-refractivity contribution < 1.29 is 19.1 Å². The Labute approximate surface area is 141 Å². The van der Waals surface area contributed by atoms with Gasteiger partial charge in [0.25, 0.3) is 5.91 Å². The van der Waals surface area contributed by atoms with E-state index in [2.05, 4.69) is 19.2 Å². The summed E-state index contributed by atoms with van der Waals surface area (Å²) in [5.74, 6) is 0.922. The second-order valence-corrected chi connectivity index (χ2v) is 5.65. The molecule has 0 aromatic heterocycles. The van der Waals surface area contributed by atoms with E-state index in [0.717, 1.165) is 11.3 Å². The van der Waals surface area contributed by atoms with Crippen LogP contribution in [0.2, 0.25) is 0 Å². The Balaban J connectivity index is 2.01. The van der Waals surface area contributed by atoms with E-state index in [-0.39, 0.29) is 12.5 Å². The molecule has 0 aliphatic heterocycles. The first-order chi connectivity index (χ1) is 11.5. The van der Waals surface area contributed by atoms with Crippen LogP contribution in [0.1, 0.15) is 35.7 Å². The molecule has 0 saturated carbocycles.